The minimum atomic E-state index is -0.255. The van der Waals surface area contributed by atoms with Crippen LogP contribution in [0.5, 0.6) is 0 Å². The van der Waals surface area contributed by atoms with Gasteiger partial charge in [-0.05, 0) is 42.2 Å². The van der Waals surface area contributed by atoms with Crippen LogP contribution in [0.1, 0.15) is 57.2 Å². The Hall–Kier alpha value is -0.860. The van der Waals surface area contributed by atoms with Crippen LogP contribution in [0.3, 0.4) is 0 Å². The standard InChI is InChI=1S/C17H27NO/c1-17(2,3)11-14(19)12-18-16-10-6-8-13-7-4-5-9-15(13)16/h4-5,7,9,14,16,18-19H,6,8,10-12H2,1-3H3. The fourth-order valence-corrected chi connectivity index (χ4v) is 3.02. The van der Waals surface area contributed by atoms with Gasteiger partial charge in [-0.3, -0.25) is 0 Å². The molecule has 2 N–H and O–H groups in total. The number of aryl methyl sites for hydroxylation is 1. The molecule has 0 amide bonds. The smallest absolute Gasteiger partial charge is 0.0669 e. The minimum absolute atomic E-state index is 0.186. The van der Waals surface area contributed by atoms with Crippen LogP contribution < -0.4 is 5.32 Å². The van der Waals surface area contributed by atoms with Crippen LogP contribution in [0.2, 0.25) is 0 Å². The molecule has 0 spiro atoms. The number of hydrogen-bond donors (Lipinski definition) is 2. The highest BCUT2D eigenvalue weighted by molar-refractivity contribution is 5.32. The first kappa shape index (κ1) is 14.5. The number of nitrogens with one attached hydrogen (secondary N) is 1. The summed E-state index contributed by atoms with van der Waals surface area (Å²) in [6.07, 6.45) is 4.20. The summed E-state index contributed by atoms with van der Waals surface area (Å²) in [6.45, 7) is 7.21. The number of hydrogen-bond acceptors (Lipinski definition) is 2. The summed E-state index contributed by atoms with van der Waals surface area (Å²) in [6, 6.07) is 9.11. The molecule has 2 atom stereocenters. The van der Waals surface area contributed by atoms with E-state index in [-0.39, 0.29) is 11.5 Å². The molecule has 0 aromatic heterocycles. The third-order valence-electron chi connectivity index (χ3n) is 3.82. The topological polar surface area (TPSA) is 32.3 Å². The van der Waals surface area contributed by atoms with Crippen molar-refractivity contribution in [2.45, 2.75) is 58.6 Å². The van der Waals surface area contributed by atoms with Gasteiger partial charge in [0.25, 0.3) is 0 Å². The van der Waals surface area contributed by atoms with E-state index in [0.29, 0.717) is 12.6 Å². The molecule has 0 saturated carbocycles. The van der Waals surface area contributed by atoms with E-state index in [1.54, 1.807) is 0 Å². The second-order valence-electron chi connectivity index (χ2n) is 6.97. The number of aliphatic hydroxyl groups excluding tert-OH is 1. The average Bonchev–Trinajstić information content (AvgIpc) is 2.34. The first-order valence-electron chi connectivity index (χ1n) is 7.45. The maximum atomic E-state index is 10.1. The Labute approximate surface area is 117 Å². The van der Waals surface area contributed by atoms with E-state index in [9.17, 15) is 5.11 Å². The predicted octanol–water partition coefficient (Wildman–Crippen LogP) is 3.45. The van der Waals surface area contributed by atoms with Crippen molar-refractivity contribution in [3.8, 4) is 0 Å². The molecule has 0 fully saturated rings. The third-order valence-corrected chi connectivity index (χ3v) is 3.82. The zero-order valence-corrected chi connectivity index (χ0v) is 12.4. The molecule has 0 saturated heterocycles. The summed E-state index contributed by atoms with van der Waals surface area (Å²) in [5, 5.41) is 13.7. The number of fused-ring (bicyclic) bond motifs is 1. The highest BCUT2D eigenvalue weighted by Crippen LogP contribution is 2.29. The van der Waals surface area contributed by atoms with Gasteiger partial charge < -0.3 is 10.4 Å². The summed E-state index contributed by atoms with van der Waals surface area (Å²) >= 11 is 0. The van der Waals surface area contributed by atoms with Gasteiger partial charge in [0.2, 0.25) is 0 Å². The number of benzene rings is 1. The molecule has 0 bridgehead atoms. The first-order valence-corrected chi connectivity index (χ1v) is 7.45. The SMILES string of the molecule is CC(C)(C)CC(O)CNC1CCCc2ccccc21. The fourth-order valence-electron chi connectivity index (χ4n) is 3.02. The van der Waals surface area contributed by atoms with Gasteiger partial charge in [0.1, 0.15) is 0 Å². The lowest BCUT2D eigenvalue weighted by Crippen LogP contribution is -2.34. The van der Waals surface area contributed by atoms with E-state index < -0.39 is 0 Å². The van der Waals surface area contributed by atoms with Gasteiger partial charge in [-0.2, -0.15) is 0 Å². The van der Waals surface area contributed by atoms with Crippen LogP contribution in [0, 0.1) is 5.41 Å². The zero-order chi connectivity index (χ0) is 13.9. The first-order chi connectivity index (χ1) is 8.96. The second kappa shape index (κ2) is 6.06. The van der Waals surface area contributed by atoms with E-state index in [1.165, 1.54) is 30.4 Å². The van der Waals surface area contributed by atoms with Crippen molar-refractivity contribution in [3.05, 3.63) is 35.4 Å². The van der Waals surface area contributed by atoms with E-state index >= 15 is 0 Å². The van der Waals surface area contributed by atoms with E-state index in [2.05, 4.69) is 50.4 Å². The van der Waals surface area contributed by atoms with Crippen molar-refractivity contribution in [1.29, 1.82) is 0 Å². The van der Waals surface area contributed by atoms with Gasteiger partial charge in [-0.15, -0.1) is 0 Å². The van der Waals surface area contributed by atoms with Gasteiger partial charge >= 0.3 is 0 Å². The monoisotopic (exact) mass is 261 g/mol. The molecule has 1 aliphatic carbocycles. The van der Waals surface area contributed by atoms with Crippen molar-refractivity contribution in [2.75, 3.05) is 6.54 Å². The van der Waals surface area contributed by atoms with Crippen LogP contribution in [-0.2, 0) is 6.42 Å². The minimum Gasteiger partial charge on any atom is -0.392 e. The maximum Gasteiger partial charge on any atom is 0.0669 e. The molecule has 0 aliphatic heterocycles. The van der Waals surface area contributed by atoms with Crippen LogP contribution in [0.25, 0.3) is 0 Å². The van der Waals surface area contributed by atoms with Crippen molar-refractivity contribution >= 4 is 0 Å². The highest BCUT2D eigenvalue weighted by Gasteiger charge is 2.21. The lowest BCUT2D eigenvalue weighted by atomic mass is 9.87. The Morgan fingerprint density at radius 3 is 2.79 bits per heavy atom. The van der Waals surface area contributed by atoms with Crippen molar-refractivity contribution in [3.63, 3.8) is 0 Å². The summed E-state index contributed by atoms with van der Waals surface area (Å²) in [7, 11) is 0. The Morgan fingerprint density at radius 1 is 1.32 bits per heavy atom. The molecule has 2 nitrogen and oxygen atoms in total. The predicted molar refractivity (Wildman–Crippen MR) is 80.2 cm³/mol. The maximum absolute atomic E-state index is 10.1. The van der Waals surface area contributed by atoms with Gasteiger partial charge in [0.05, 0.1) is 6.10 Å². The molecule has 2 rings (SSSR count). The summed E-state index contributed by atoms with van der Waals surface area (Å²) in [5.74, 6) is 0. The van der Waals surface area contributed by atoms with Crippen molar-refractivity contribution < 1.29 is 5.11 Å². The molecule has 1 aliphatic rings. The van der Waals surface area contributed by atoms with Gasteiger partial charge in [0, 0.05) is 12.6 Å². The van der Waals surface area contributed by atoms with Crippen LogP contribution in [0.4, 0.5) is 0 Å². The summed E-state index contributed by atoms with van der Waals surface area (Å²) in [4.78, 5) is 0. The average molecular weight is 261 g/mol. The van der Waals surface area contributed by atoms with E-state index in [4.69, 9.17) is 0 Å². The molecule has 0 heterocycles. The lowest BCUT2D eigenvalue weighted by molar-refractivity contribution is 0.115. The van der Waals surface area contributed by atoms with Crippen LogP contribution in [-0.4, -0.2) is 17.8 Å². The van der Waals surface area contributed by atoms with Crippen molar-refractivity contribution in [2.24, 2.45) is 5.41 Å². The largest absolute Gasteiger partial charge is 0.392 e. The van der Waals surface area contributed by atoms with E-state index in [0.717, 1.165) is 6.42 Å². The highest BCUT2D eigenvalue weighted by atomic mass is 16.3. The number of rotatable bonds is 4. The lowest BCUT2D eigenvalue weighted by Gasteiger charge is -2.29. The Bertz CT molecular complexity index is 408. The molecule has 1 aromatic carbocycles. The molecule has 1 aromatic rings. The quantitative estimate of drug-likeness (QED) is 0.870. The molecular formula is C17H27NO. The Morgan fingerprint density at radius 2 is 2.05 bits per heavy atom. The molecule has 19 heavy (non-hydrogen) atoms. The number of aliphatic hydroxyl groups is 1. The molecule has 2 heteroatoms. The van der Waals surface area contributed by atoms with Crippen LogP contribution in [0.15, 0.2) is 24.3 Å². The van der Waals surface area contributed by atoms with Gasteiger partial charge in [-0.1, -0.05) is 45.0 Å². The van der Waals surface area contributed by atoms with Crippen molar-refractivity contribution in [1.82, 2.24) is 5.32 Å². The second-order valence-corrected chi connectivity index (χ2v) is 6.97. The summed E-state index contributed by atoms with van der Waals surface area (Å²) < 4.78 is 0. The van der Waals surface area contributed by atoms with Gasteiger partial charge in [0.15, 0.2) is 0 Å². The summed E-state index contributed by atoms with van der Waals surface area (Å²) in [5.41, 5.74) is 3.08. The van der Waals surface area contributed by atoms with Gasteiger partial charge in [-0.25, -0.2) is 0 Å². The third kappa shape index (κ3) is 4.32. The molecule has 106 valence electrons. The Kier molecular flexibility index (Phi) is 4.64. The van der Waals surface area contributed by atoms with E-state index in [1.807, 2.05) is 0 Å². The molecular weight excluding hydrogens is 234 g/mol. The Balaban J connectivity index is 1.91. The van der Waals surface area contributed by atoms with Crippen LogP contribution >= 0.6 is 0 Å². The fraction of sp³-hybridized carbons (Fsp3) is 0.647. The molecule has 0 radical (unpaired) electrons. The zero-order valence-electron chi connectivity index (χ0n) is 12.4. The normalized spacial score (nSPS) is 20.9. The molecule has 2 unspecified atom stereocenters.